The summed E-state index contributed by atoms with van der Waals surface area (Å²) in [4.78, 5) is 78.5. The van der Waals surface area contributed by atoms with E-state index in [-0.39, 0.29) is 85.2 Å². The second kappa shape index (κ2) is 25.6. The van der Waals surface area contributed by atoms with Crippen molar-refractivity contribution in [3.63, 3.8) is 0 Å². The standard InChI is InChI=1S/C36H55N3O12/c1-7-47-32(41)23-37(24-33(42)48-8-2)18-20-39(21-19-38(25-34(43)49-9-3)26-35(44)50-10-4)28(6)51-31(40)17-12-11-14-29-15-13-16-30(22-29)27(5)36(45)46/h11,13-16,22,27-28H,7-10,12,17-21,23-26H2,1-6H3,(H,45,46)/b14-11+. The number of carboxylic acid groups (broad SMARTS) is 1. The molecule has 0 fully saturated rings. The van der Waals surface area contributed by atoms with Crippen LogP contribution in [0.5, 0.6) is 0 Å². The quantitative estimate of drug-likeness (QED) is 0.0838. The average Bonchev–Trinajstić information content (AvgIpc) is 3.06. The number of nitrogens with zero attached hydrogens (tertiary/aromatic N) is 3. The van der Waals surface area contributed by atoms with E-state index in [2.05, 4.69) is 0 Å². The molecule has 2 unspecified atom stereocenters. The second-order valence-corrected chi connectivity index (χ2v) is 11.4. The van der Waals surface area contributed by atoms with Crippen molar-refractivity contribution in [2.24, 2.45) is 0 Å². The Kier molecular flexibility index (Phi) is 22.4. The smallest absolute Gasteiger partial charge is 0.320 e. The molecule has 1 aromatic rings. The summed E-state index contributed by atoms with van der Waals surface area (Å²) in [5.41, 5.74) is 1.48. The normalized spacial score (nSPS) is 12.5. The molecule has 1 aromatic carbocycles. The highest BCUT2D eigenvalue weighted by Crippen LogP contribution is 2.18. The molecule has 15 heteroatoms. The van der Waals surface area contributed by atoms with Crippen molar-refractivity contribution in [1.82, 2.24) is 14.7 Å². The lowest BCUT2D eigenvalue weighted by atomic mass is 9.99. The molecule has 286 valence electrons. The third kappa shape index (κ3) is 19.6. The molecule has 0 amide bonds. The molecular weight excluding hydrogens is 666 g/mol. The molecule has 0 aromatic heterocycles. The molecule has 1 rings (SSSR count). The molecular formula is C36H55N3O12. The van der Waals surface area contributed by atoms with E-state index in [1.54, 1.807) is 80.5 Å². The van der Waals surface area contributed by atoms with Gasteiger partial charge in [-0.3, -0.25) is 43.5 Å². The molecule has 0 spiro atoms. The van der Waals surface area contributed by atoms with Crippen molar-refractivity contribution in [2.45, 2.75) is 66.5 Å². The third-order valence-corrected chi connectivity index (χ3v) is 7.46. The van der Waals surface area contributed by atoms with Gasteiger partial charge in [-0.1, -0.05) is 36.4 Å². The van der Waals surface area contributed by atoms with Gasteiger partial charge in [-0.05, 0) is 59.1 Å². The van der Waals surface area contributed by atoms with Crippen molar-refractivity contribution >= 4 is 41.9 Å². The van der Waals surface area contributed by atoms with E-state index >= 15 is 0 Å². The highest BCUT2D eigenvalue weighted by atomic mass is 16.6. The molecule has 0 saturated carbocycles. The molecule has 0 heterocycles. The number of hydrogen-bond acceptors (Lipinski definition) is 14. The Labute approximate surface area is 300 Å². The number of benzene rings is 1. The molecule has 0 aliphatic rings. The number of carboxylic acids is 1. The number of carbonyl (C=O) groups is 6. The van der Waals surface area contributed by atoms with E-state index in [0.29, 0.717) is 12.0 Å². The van der Waals surface area contributed by atoms with E-state index in [0.717, 1.165) is 5.56 Å². The highest BCUT2D eigenvalue weighted by Gasteiger charge is 2.24. The van der Waals surface area contributed by atoms with Crippen LogP contribution in [0.15, 0.2) is 30.3 Å². The number of allylic oxidation sites excluding steroid dienone is 1. The van der Waals surface area contributed by atoms with Crippen molar-refractivity contribution in [2.75, 3.05) is 78.8 Å². The third-order valence-electron chi connectivity index (χ3n) is 7.46. The van der Waals surface area contributed by atoms with Crippen LogP contribution in [0.25, 0.3) is 6.08 Å². The summed E-state index contributed by atoms with van der Waals surface area (Å²) in [5, 5.41) is 9.30. The average molecular weight is 722 g/mol. The van der Waals surface area contributed by atoms with Crippen LogP contribution in [-0.2, 0) is 52.5 Å². The monoisotopic (exact) mass is 721 g/mol. The Hall–Kier alpha value is -4.34. The van der Waals surface area contributed by atoms with Crippen molar-refractivity contribution in [3.05, 3.63) is 41.5 Å². The van der Waals surface area contributed by atoms with Crippen molar-refractivity contribution < 1.29 is 57.6 Å². The number of hydrogen-bond donors (Lipinski definition) is 1. The van der Waals surface area contributed by atoms with E-state index < -0.39 is 48.0 Å². The van der Waals surface area contributed by atoms with Gasteiger partial charge in [-0.2, -0.15) is 0 Å². The summed E-state index contributed by atoms with van der Waals surface area (Å²) in [6, 6.07) is 7.15. The number of aliphatic carboxylic acids is 1. The molecule has 2 atom stereocenters. The number of ether oxygens (including phenoxy) is 5. The zero-order valence-electron chi connectivity index (χ0n) is 30.8. The Bertz CT molecular complexity index is 1200. The molecule has 15 nitrogen and oxygen atoms in total. The predicted octanol–water partition coefficient (Wildman–Crippen LogP) is 2.72. The van der Waals surface area contributed by atoms with Crippen LogP contribution in [0.4, 0.5) is 0 Å². The lowest BCUT2D eigenvalue weighted by molar-refractivity contribution is -0.158. The SMILES string of the molecule is CCOC(=O)CN(CCN(CCN(CC(=O)OCC)CC(=O)OCC)C(C)OC(=O)CC/C=C/c1cccc(C(C)C(=O)O)c1)CC(=O)OCC. The van der Waals surface area contributed by atoms with Gasteiger partial charge in [0.05, 0.1) is 58.5 Å². The fourth-order valence-electron chi connectivity index (χ4n) is 4.82. The van der Waals surface area contributed by atoms with Gasteiger partial charge in [0, 0.05) is 32.6 Å². The predicted molar refractivity (Wildman–Crippen MR) is 187 cm³/mol. The van der Waals surface area contributed by atoms with Gasteiger partial charge in [0.2, 0.25) is 0 Å². The van der Waals surface area contributed by atoms with Crippen LogP contribution < -0.4 is 0 Å². The van der Waals surface area contributed by atoms with Crippen LogP contribution in [0.1, 0.15) is 71.4 Å². The molecule has 0 aliphatic heterocycles. The fraction of sp³-hybridized carbons (Fsp3) is 0.611. The molecule has 51 heavy (non-hydrogen) atoms. The molecule has 0 bridgehead atoms. The minimum absolute atomic E-state index is 0.0651. The van der Waals surface area contributed by atoms with Gasteiger partial charge in [-0.25, -0.2) is 0 Å². The first-order chi connectivity index (χ1) is 24.3. The summed E-state index contributed by atoms with van der Waals surface area (Å²) in [6.45, 7) is 10.9. The van der Waals surface area contributed by atoms with Crippen molar-refractivity contribution in [1.29, 1.82) is 0 Å². The van der Waals surface area contributed by atoms with Crippen molar-refractivity contribution in [3.8, 4) is 0 Å². The minimum atomic E-state index is -0.918. The molecule has 1 N–H and O–H groups in total. The maximum absolute atomic E-state index is 12.9. The number of esters is 5. The summed E-state index contributed by atoms with van der Waals surface area (Å²) >= 11 is 0. The first-order valence-electron chi connectivity index (χ1n) is 17.3. The lowest BCUT2D eigenvalue weighted by Crippen LogP contribution is -2.48. The zero-order chi connectivity index (χ0) is 38.2. The van der Waals surface area contributed by atoms with Crippen LogP contribution in [0, 0.1) is 0 Å². The number of carbonyl (C=O) groups excluding carboxylic acids is 5. The number of rotatable bonds is 26. The summed E-state index contributed by atoms with van der Waals surface area (Å²) in [6.07, 6.45) is 3.28. The van der Waals surface area contributed by atoms with Crippen LogP contribution in [-0.4, -0.2) is 141 Å². The maximum Gasteiger partial charge on any atom is 0.320 e. The van der Waals surface area contributed by atoms with Crippen LogP contribution >= 0.6 is 0 Å². The Morgan fingerprint density at radius 1 is 0.686 bits per heavy atom. The van der Waals surface area contributed by atoms with E-state index in [9.17, 15) is 33.9 Å². The van der Waals surface area contributed by atoms with Crippen LogP contribution in [0.2, 0.25) is 0 Å². The largest absolute Gasteiger partial charge is 0.481 e. The molecule has 0 aliphatic carbocycles. The van der Waals surface area contributed by atoms with E-state index in [1.165, 1.54) is 0 Å². The van der Waals surface area contributed by atoms with E-state index in [4.69, 9.17) is 23.7 Å². The van der Waals surface area contributed by atoms with Gasteiger partial charge in [0.25, 0.3) is 0 Å². The highest BCUT2D eigenvalue weighted by molar-refractivity contribution is 5.76. The first-order valence-corrected chi connectivity index (χ1v) is 17.3. The second-order valence-electron chi connectivity index (χ2n) is 11.4. The topological polar surface area (TPSA) is 179 Å². The lowest BCUT2D eigenvalue weighted by Gasteiger charge is -2.32. The minimum Gasteiger partial charge on any atom is -0.481 e. The zero-order valence-corrected chi connectivity index (χ0v) is 30.8. The van der Waals surface area contributed by atoms with Gasteiger partial charge in [-0.15, -0.1) is 0 Å². The van der Waals surface area contributed by atoms with Gasteiger partial charge in [0.15, 0.2) is 6.23 Å². The van der Waals surface area contributed by atoms with E-state index in [1.807, 2.05) is 12.1 Å². The van der Waals surface area contributed by atoms with Gasteiger partial charge in [0.1, 0.15) is 0 Å². The maximum atomic E-state index is 12.9. The van der Waals surface area contributed by atoms with Crippen LogP contribution in [0.3, 0.4) is 0 Å². The Morgan fingerprint density at radius 2 is 1.14 bits per heavy atom. The Morgan fingerprint density at radius 3 is 1.55 bits per heavy atom. The summed E-state index contributed by atoms with van der Waals surface area (Å²) in [5.74, 6) is -4.10. The van der Waals surface area contributed by atoms with Gasteiger partial charge >= 0.3 is 35.8 Å². The van der Waals surface area contributed by atoms with Gasteiger partial charge < -0.3 is 28.8 Å². The Balaban J connectivity index is 3.08. The summed E-state index contributed by atoms with van der Waals surface area (Å²) in [7, 11) is 0. The fourth-order valence-corrected chi connectivity index (χ4v) is 4.82. The molecule has 0 saturated heterocycles. The first kappa shape index (κ1) is 44.7. The molecule has 0 radical (unpaired) electrons. The summed E-state index contributed by atoms with van der Waals surface area (Å²) < 4.78 is 26.1.